The molecule has 0 bridgehead atoms. The Labute approximate surface area is 65.8 Å². The van der Waals surface area contributed by atoms with Crippen molar-refractivity contribution in [1.29, 1.82) is 0 Å². The summed E-state index contributed by atoms with van der Waals surface area (Å²) >= 11 is 0. The molecule has 0 saturated heterocycles. The van der Waals surface area contributed by atoms with Crippen LogP contribution in [-0.4, -0.2) is 17.6 Å². The largest absolute Gasteiger partial charge is 0.364 e. The van der Waals surface area contributed by atoms with Crippen LogP contribution >= 0.6 is 0 Å². The molecule has 1 radical (unpaired) electrons. The van der Waals surface area contributed by atoms with Crippen LogP contribution in [0, 0.1) is 0 Å². The summed E-state index contributed by atoms with van der Waals surface area (Å²) in [6.45, 7) is 2.94. The van der Waals surface area contributed by atoms with Crippen LogP contribution in [0.4, 0.5) is 11.5 Å². The molecule has 1 atom stereocenters. The lowest BCUT2D eigenvalue weighted by Gasteiger charge is -2.21. The topological polar surface area (TPSA) is 39.0 Å². The molecule has 1 aromatic heterocycles. The van der Waals surface area contributed by atoms with Gasteiger partial charge in [0.05, 0.1) is 12.2 Å². The Morgan fingerprint density at radius 1 is 1.64 bits per heavy atom. The van der Waals surface area contributed by atoms with E-state index in [0.717, 1.165) is 18.1 Å². The van der Waals surface area contributed by atoms with Crippen LogP contribution in [0.25, 0.3) is 0 Å². The van der Waals surface area contributed by atoms with E-state index >= 15 is 0 Å². The maximum absolute atomic E-state index is 4.35. The normalized spacial score (nSPS) is 21.4. The minimum Gasteiger partial charge on any atom is -0.364 e. The lowest BCUT2D eigenvalue weighted by molar-refractivity contribution is 0.692. The van der Waals surface area contributed by atoms with Gasteiger partial charge in [-0.25, -0.2) is 4.98 Å². The highest BCUT2D eigenvalue weighted by atomic mass is 15.1. The average Bonchev–Trinajstić information content (AvgIpc) is 2.04. The molecule has 1 N–H and O–H groups in total. The number of hydrogen-bond acceptors (Lipinski definition) is 2. The van der Waals surface area contributed by atoms with Crippen LogP contribution < -0.4 is 10.6 Å². The minimum atomic E-state index is 0.414. The lowest BCUT2D eigenvalue weighted by Crippen LogP contribution is -2.29. The first-order chi connectivity index (χ1) is 5.36. The summed E-state index contributed by atoms with van der Waals surface area (Å²) in [6, 6.07) is 4.29. The van der Waals surface area contributed by atoms with E-state index in [-0.39, 0.29) is 0 Å². The third-order valence-corrected chi connectivity index (χ3v) is 1.71. The fourth-order valence-corrected chi connectivity index (χ4v) is 1.15. The SMILES string of the molecule is CC1C[N]c2cccnc2N1. The van der Waals surface area contributed by atoms with E-state index < -0.39 is 0 Å². The van der Waals surface area contributed by atoms with E-state index in [1.165, 1.54) is 0 Å². The van der Waals surface area contributed by atoms with Gasteiger partial charge in [-0.3, -0.25) is 5.32 Å². The van der Waals surface area contributed by atoms with Gasteiger partial charge in [-0.2, -0.15) is 0 Å². The van der Waals surface area contributed by atoms with Crippen molar-refractivity contribution in [3.63, 3.8) is 0 Å². The Morgan fingerprint density at radius 3 is 3.45 bits per heavy atom. The maximum Gasteiger partial charge on any atom is 0.151 e. The lowest BCUT2D eigenvalue weighted by atomic mass is 10.2. The first-order valence-corrected chi connectivity index (χ1v) is 3.75. The zero-order valence-electron chi connectivity index (χ0n) is 6.41. The Kier molecular flexibility index (Phi) is 1.42. The van der Waals surface area contributed by atoms with Crippen molar-refractivity contribution in [3.8, 4) is 0 Å². The molecule has 0 fully saturated rings. The van der Waals surface area contributed by atoms with Crippen LogP contribution in [-0.2, 0) is 0 Å². The van der Waals surface area contributed by atoms with Crippen molar-refractivity contribution >= 4 is 11.5 Å². The van der Waals surface area contributed by atoms with Crippen molar-refractivity contribution in [2.24, 2.45) is 0 Å². The molecule has 3 heteroatoms. The van der Waals surface area contributed by atoms with E-state index in [2.05, 4.69) is 22.5 Å². The molecule has 0 aliphatic carbocycles. The van der Waals surface area contributed by atoms with Gasteiger partial charge in [-0.05, 0) is 19.1 Å². The number of nitrogens with zero attached hydrogens (tertiary/aromatic N) is 2. The second kappa shape index (κ2) is 2.42. The minimum absolute atomic E-state index is 0.414. The molecular weight excluding hydrogens is 138 g/mol. The number of nitrogens with one attached hydrogen (secondary N) is 1. The molecule has 0 spiro atoms. The van der Waals surface area contributed by atoms with Gasteiger partial charge in [0, 0.05) is 12.2 Å². The van der Waals surface area contributed by atoms with E-state index in [1.54, 1.807) is 6.20 Å². The zero-order chi connectivity index (χ0) is 7.68. The number of aromatic nitrogens is 1. The Morgan fingerprint density at radius 2 is 2.55 bits per heavy atom. The molecule has 0 aromatic carbocycles. The number of hydrogen-bond donors (Lipinski definition) is 1. The third kappa shape index (κ3) is 1.13. The van der Waals surface area contributed by atoms with Gasteiger partial charge >= 0.3 is 0 Å². The van der Waals surface area contributed by atoms with Crippen molar-refractivity contribution in [3.05, 3.63) is 18.3 Å². The van der Waals surface area contributed by atoms with Crippen molar-refractivity contribution in [1.82, 2.24) is 10.3 Å². The standard InChI is InChI=1S/C8H10N3/c1-6-5-10-7-3-2-4-9-8(7)11-6/h2-4,6H,5H2,1H3,(H,9,11). The molecule has 0 amide bonds. The maximum atomic E-state index is 4.35. The van der Waals surface area contributed by atoms with Gasteiger partial charge < -0.3 is 5.32 Å². The highest BCUT2D eigenvalue weighted by Gasteiger charge is 2.13. The number of rotatable bonds is 0. The first-order valence-electron chi connectivity index (χ1n) is 3.75. The molecule has 3 nitrogen and oxygen atoms in total. The fourth-order valence-electron chi connectivity index (χ4n) is 1.15. The van der Waals surface area contributed by atoms with Gasteiger partial charge in [0.25, 0.3) is 0 Å². The zero-order valence-corrected chi connectivity index (χ0v) is 6.41. The highest BCUT2D eigenvalue weighted by Crippen LogP contribution is 2.21. The molecule has 1 aliphatic heterocycles. The Hall–Kier alpha value is -1.25. The molecular formula is C8H10N3. The van der Waals surface area contributed by atoms with Gasteiger partial charge in [0.15, 0.2) is 5.82 Å². The summed E-state index contributed by atoms with van der Waals surface area (Å²) in [5, 5.41) is 7.60. The molecule has 57 valence electrons. The van der Waals surface area contributed by atoms with Gasteiger partial charge in [0.1, 0.15) is 0 Å². The smallest absolute Gasteiger partial charge is 0.151 e. The second-order valence-electron chi connectivity index (χ2n) is 2.76. The summed E-state index contributed by atoms with van der Waals surface area (Å²) < 4.78 is 0. The van der Waals surface area contributed by atoms with E-state index in [1.807, 2.05) is 12.1 Å². The summed E-state index contributed by atoms with van der Waals surface area (Å²) in [5.41, 5.74) is 0.977. The molecule has 2 rings (SSSR count). The average molecular weight is 148 g/mol. The molecule has 1 unspecified atom stereocenters. The fraction of sp³-hybridized carbons (Fsp3) is 0.375. The number of fused-ring (bicyclic) bond motifs is 1. The third-order valence-electron chi connectivity index (χ3n) is 1.71. The second-order valence-corrected chi connectivity index (χ2v) is 2.76. The highest BCUT2D eigenvalue weighted by molar-refractivity contribution is 5.61. The van der Waals surface area contributed by atoms with Gasteiger partial charge in [-0.1, -0.05) is 0 Å². The van der Waals surface area contributed by atoms with Crippen LogP contribution in [0.15, 0.2) is 18.3 Å². The summed E-state index contributed by atoms with van der Waals surface area (Å²) in [5.74, 6) is 0.909. The quantitative estimate of drug-likeness (QED) is 0.599. The molecule has 1 aromatic rings. The number of anilines is 1. The summed E-state index contributed by atoms with van der Waals surface area (Å²) in [6.07, 6.45) is 1.78. The van der Waals surface area contributed by atoms with E-state index in [4.69, 9.17) is 0 Å². The summed E-state index contributed by atoms with van der Waals surface area (Å²) in [4.78, 5) is 4.16. The van der Waals surface area contributed by atoms with Crippen LogP contribution in [0.1, 0.15) is 6.92 Å². The predicted octanol–water partition coefficient (Wildman–Crippen LogP) is 1.13. The number of pyridine rings is 1. The van der Waals surface area contributed by atoms with E-state index in [0.29, 0.717) is 6.04 Å². The van der Waals surface area contributed by atoms with Crippen molar-refractivity contribution in [2.75, 3.05) is 11.9 Å². The Bertz CT molecular complexity index is 259. The van der Waals surface area contributed by atoms with Crippen LogP contribution in [0.3, 0.4) is 0 Å². The predicted molar refractivity (Wildman–Crippen MR) is 44.0 cm³/mol. The van der Waals surface area contributed by atoms with Crippen molar-refractivity contribution < 1.29 is 0 Å². The molecule has 11 heavy (non-hydrogen) atoms. The monoisotopic (exact) mass is 148 g/mol. The van der Waals surface area contributed by atoms with Crippen molar-refractivity contribution in [2.45, 2.75) is 13.0 Å². The van der Waals surface area contributed by atoms with Gasteiger partial charge in [-0.15, -0.1) is 0 Å². The molecule has 0 saturated carbocycles. The molecule has 2 heterocycles. The van der Waals surface area contributed by atoms with Crippen LogP contribution in [0.5, 0.6) is 0 Å². The Balaban J connectivity index is 2.34. The van der Waals surface area contributed by atoms with E-state index in [9.17, 15) is 0 Å². The first kappa shape index (κ1) is 6.46. The summed E-state index contributed by atoms with van der Waals surface area (Å²) in [7, 11) is 0. The van der Waals surface area contributed by atoms with Gasteiger partial charge in [0.2, 0.25) is 0 Å². The van der Waals surface area contributed by atoms with Crippen LogP contribution in [0.2, 0.25) is 0 Å². The molecule has 1 aliphatic rings.